The minimum atomic E-state index is -5.14. The van der Waals surface area contributed by atoms with Crippen LogP contribution in [0.15, 0.2) is 170 Å². The lowest BCUT2D eigenvalue weighted by atomic mass is 10.1. The quantitative estimate of drug-likeness (QED) is 0.0494. The Bertz CT molecular complexity index is 3380. The maximum absolute atomic E-state index is 13.3. The van der Waals surface area contributed by atoms with Gasteiger partial charge in [0.15, 0.2) is 23.2 Å². The molecule has 6 N–H and O–H groups in total. The van der Waals surface area contributed by atoms with E-state index in [1.165, 1.54) is 55.5 Å². The van der Waals surface area contributed by atoms with Gasteiger partial charge in [0.2, 0.25) is 0 Å². The minimum absolute atomic E-state index is 0.0986. The summed E-state index contributed by atoms with van der Waals surface area (Å²) in [6.45, 7) is 1.54. The van der Waals surface area contributed by atoms with Gasteiger partial charge in [0.1, 0.15) is 22.0 Å². The number of amides is 1. The zero-order valence-corrected chi connectivity index (χ0v) is 34.7. The summed E-state index contributed by atoms with van der Waals surface area (Å²) >= 11 is 0. The van der Waals surface area contributed by atoms with E-state index in [1.54, 1.807) is 18.2 Å². The van der Waals surface area contributed by atoms with Gasteiger partial charge in [-0.2, -0.15) is 55.8 Å². The Morgan fingerprint density at radius 3 is 1.86 bits per heavy atom. The van der Waals surface area contributed by atoms with Gasteiger partial charge >= 0.3 is 0 Å². The number of benzene rings is 6. The third kappa shape index (κ3) is 9.50. The molecule has 1 unspecified atom stereocenters. The Balaban J connectivity index is 1.19. The largest absolute Gasteiger partial charge is 0.505 e. The fraction of sp³-hybridized carbons (Fsp3) is 0.0526. The van der Waals surface area contributed by atoms with Gasteiger partial charge in [-0.25, -0.2) is 0 Å². The second-order valence-electron chi connectivity index (χ2n) is 13.3. The molecule has 0 saturated carbocycles. The highest BCUT2D eigenvalue weighted by atomic mass is 32.2. The first-order valence-electron chi connectivity index (χ1n) is 17.8. The molecule has 6 aromatic carbocycles. The van der Waals surface area contributed by atoms with E-state index in [0.717, 1.165) is 47.5 Å². The van der Waals surface area contributed by atoms with Crippen LogP contribution in [0.3, 0.4) is 0 Å². The number of carbonyl (C=O) groups is 1. The van der Waals surface area contributed by atoms with Crippen LogP contribution >= 0.6 is 0 Å². The van der Waals surface area contributed by atoms with Gasteiger partial charge < -0.3 is 15.3 Å². The molecule has 0 saturated heterocycles. The van der Waals surface area contributed by atoms with Crippen LogP contribution in [0.2, 0.25) is 0 Å². The van der Waals surface area contributed by atoms with E-state index in [4.69, 9.17) is 0 Å². The second-order valence-corrected chi connectivity index (χ2v) is 17.5. The van der Waals surface area contributed by atoms with Crippen molar-refractivity contribution in [3.05, 3.63) is 109 Å². The van der Waals surface area contributed by atoms with Gasteiger partial charge in [-0.15, -0.1) is 20.5 Å². The molecule has 1 atom stereocenters. The molecule has 64 heavy (non-hydrogen) atoms. The summed E-state index contributed by atoms with van der Waals surface area (Å²) in [5.41, 5.74) is -1.21. The first-order chi connectivity index (χ1) is 30.2. The highest BCUT2D eigenvalue weighted by Crippen LogP contribution is 2.48. The van der Waals surface area contributed by atoms with Crippen molar-refractivity contribution < 1.29 is 59.0 Å². The van der Waals surface area contributed by atoms with Gasteiger partial charge in [0, 0.05) is 0 Å². The predicted octanol–water partition coefficient (Wildman–Crippen LogP) is 8.82. The lowest BCUT2D eigenvalue weighted by Crippen LogP contribution is -2.29. The minimum Gasteiger partial charge on any atom is -0.505 e. The van der Waals surface area contributed by atoms with E-state index in [9.17, 15) is 59.0 Å². The topological polar surface area (TPSA) is 355 Å². The molecule has 0 aliphatic carbocycles. The molecule has 26 heteroatoms. The Labute approximate surface area is 361 Å². The maximum atomic E-state index is 13.3. The molecule has 0 radical (unpaired) electrons. The van der Waals surface area contributed by atoms with E-state index in [1.807, 2.05) is 0 Å². The highest BCUT2D eigenvalue weighted by molar-refractivity contribution is 7.86. The third-order valence-electron chi connectivity index (χ3n) is 8.93. The van der Waals surface area contributed by atoms with Crippen molar-refractivity contribution in [2.75, 3.05) is 5.01 Å². The van der Waals surface area contributed by atoms with Crippen molar-refractivity contribution in [1.29, 1.82) is 0 Å². The fourth-order valence-electron chi connectivity index (χ4n) is 5.89. The standard InChI is InChI=1S/C38H28N10O13S3/c1-20-33(44-40-23-10-12-26(13-11-23)62(53,54)55)38(52)48(47-20)25-9-5-8-24(18-25)41-45-34-30(49)15-14-28(36(34)50)42-43-29-19-27(63(56,57)58)16-21-17-31(64(59,60)61)35(37(51)32(21)29)46-39-22-6-3-2-4-7-22/h2-19,33,49-51H,1H3,(H,53,54,55)(H,56,57,58)(H,59,60,61). The second kappa shape index (κ2) is 17.2. The Kier molecular flexibility index (Phi) is 11.9. The van der Waals surface area contributed by atoms with Gasteiger partial charge in [0.05, 0.1) is 49.3 Å². The molecule has 0 spiro atoms. The van der Waals surface area contributed by atoms with E-state index in [-0.39, 0.29) is 44.1 Å². The molecule has 1 aliphatic heterocycles. The molecular weight excluding hydrogens is 901 g/mol. The summed E-state index contributed by atoms with van der Waals surface area (Å²) in [6.07, 6.45) is 0. The van der Waals surface area contributed by atoms with Crippen molar-refractivity contribution in [3.63, 3.8) is 0 Å². The number of fused-ring (bicyclic) bond motifs is 1. The first-order valence-corrected chi connectivity index (χ1v) is 22.1. The number of carbonyl (C=O) groups excluding carboxylic acids is 1. The van der Waals surface area contributed by atoms with Crippen LogP contribution in [0, 0.1) is 0 Å². The molecule has 0 fully saturated rings. The summed E-state index contributed by atoms with van der Waals surface area (Å²) in [4.78, 5) is 11.2. The number of phenols is 3. The van der Waals surface area contributed by atoms with Crippen molar-refractivity contribution in [3.8, 4) is 17.2 Å². The van der Waals surface area contributed by atoms with Crippen LogP contribution < -0.4 is 5.01 Å². The first kappa shape index (κ1) is 44.3. The lowest BCUT2D eigenvalue weighted by molar-refractivity contribution is -0.117. The number of hydrazone groups is 1. The molecule has 23 nitrogen and oxygen atoms in total. The third-order valence-corrected chi connectivity index (χ3v) is 11.5. The SMILES string of the molecule is CC1=NN(c2cccc(N=Nc3c(O)ccc(N=Nc4cc(S(=O)(=O)O)cc5cc(S(=O)(=O)O)c(N=Nc6ccccc6)c(O)c45)c3O)c2)C(=O)C1N=Nc1ccc(S(=O)(=O)O)cc1. The summed E-state index contributed by atoms with van der Waals surface area (Å²) < 4.78 is 101. The molecule has 1 heterocycles. The molecule has 7 rings (SSSR count). The Hall–Kier alpha value is -7.75. The average Bonchev–Trinajstić information content (AvgIpc) is 3.53. The van der Waals surface area contributed by atoms with Crippen molar-refractivity contribution in [2.24, 2.45) is 46.0 Å². The molecule has 0 aromatic heterocycles. The van der Waals surface area contributed by atoms with E-state index >= 15 is 0 Å². The van der Waals surface area contributed by atoms with Gasteiger partial charge in [-0.05, 0) is 97.2 Å². The van der Waals surface area contributed by atoms with Crippen LogP contribution in [0.25, 0.3) is 10.8 Å². The number of rotatable bonds is 12. The van der Waals surface area contributed by atoms with Crippen molar-refractivity contribution >= 4 is 98.2 Å². The van der Waals surface area contributed by atoms with Crippen molar-refractivity contribution in [1.82, 2.24) is 0 Å². The van der Waals surface area contributed by atoms with Crippen LogP contribution in [-0.4, -0.2) is 71.9 Å². The van der Waals surface area contributed by atoms with Crippen LogP contribution in [0.4, 0.5) is 45.5 Å². The number of hydrogen-bond donors (Lipinski definition) is 6. The lowest BCUT2D eigenvalue weighted by Gasteiger charge is -2.12. The summed E-state index contributed by atoms with van der Waals surface area (Å²) in [5, 5.41) is 69.2. The molecule has 6 aromatic rings. The monoisotopic (exact) mass is 928 g/mol. The van der Waals surface area contributed by atoms with Gasteiger partial charge in [-0.3, -0.25) is 18.5 Å². The number of hydrogen-bond acceptors (Lipinski definition) is 19. The molecule has 1 amide bonds. The van der Waals surface area contributed by atoms with Crippen LogP contribution in [0.1, 0.15) is 6.92 Å². The normalized spacial score (nSPS) is 15.1. The fourth-order valence-corrected chi connectivity index (χ4v) is 7.56. The molecular formula is C38H28N10O13S3. The molecule has 1 aliphatic rings. The Morgan fingerprint density at radius 1 is 0.562 bits per heavy atom. The van der Waals surface area contributed by atoms with E-state index in [2.05, 4.69) is 46.0 Å². The molecule has 326 valence electrons. The van der Waals surface area contributed by atoms with E-state index in [0.29, 0.717) is 0 Å². The Morgan fingerprint density at radius 2 is 1.19 bits per heavy atom. The van der Waals surface area contributed by atoms with Crippen LogP contribution in [0.5, 0.6) is 17.2 Å². The average molecular weight is 929 g/mol. The van der Waals surface area contributed by atoms with Gasteiger partial charge in [-0.1, -0.05) is 24.3 Å². The zero-order valence-electron chi connectivity index (χ0n) is 32.2. The summed E-state index contributed by atoms with van der Waals surface area (Å²) in [6, 6.07) is 21.9. The summed E-state index contributed by atoms with van der Waals surface area (Å²) in [7, 11) is -14.6. The van der Waals surface area contributed by atoms with Crippen molar-refractivity contribution in [2.45, 2.75) is 27.7 Å². The maximum Gasteiger partial charge on any atom is 0.296 e. The number of aromatic hydroxyl groups is 3. The number of phenolic OH excluding ortho intramolecular Hbond substituents is 3. The van der Waals surface area contributed by atoms with Crippen LogP contribution in [-0.2, 0) is 35.1 Å². The number of anilines is 1. The molecule has 0 bridgehead atoms. The predicted molar refractivity (Wildman–Crippen MR) is 226 cm³/mol. The van der Waals surface area contributed by atoms with E-state index < -0.39 is 92.1 Å². The highest BCUT2D eigenvalue weighted by Gasteiger charge is 2.35. The summed E-state index contributed by atoms with van der Waals surface area (Å²) in [5.74, 6) is -2.94. The number of nitrogens with zero attached hydrogens (tertiary/aromatic N) is 10. The van der Waals surface area contributed by atoms with Gasteiger partial charge in [0.25, 0.3) is 36.3 Å². The number of azo groups is 4. The zero-order chi connectivity index (χ0) is 46.1. The smallest absolute Gasteiger partial charge is 0.296 e.